The normalized spacial score (nSPS) is 57.2. The molecule has 4 nitrogen and oxygen atoms in total. The standard InChI is InChI=1S/C20H32O4/c1-19-7-6-14-12(13(19)4-5-17(19)22)10-16(21)15-8-11(24-3)9-18(23)20(14,15)2/h11-16,18,21,23H,4-10H2,1-3H3. The Morgan fingerprint density at radius 2 is 1.79 bits per heavy atom. The number of rotatable bonds is 1. The lowest BCUT2D eigenvalue weighted by Crippen LogP contribution is -2.63. The summed E-state index contributed by atoms with van der Waals surface area (Å²) < 4.78 is 5.52. The summed E-state index contributed by atoms with van der Waals surface area (Å²) in [7, 11) is 1.70. The van der Waals surface area contributed by atoms with E-state index in [9.17, 15) is 15.0 Å². The summed E-state index contributed by atoms with van der Waals surface area (Å²) in [4.78, 5) is 12.5. The molecule has 136 valence electrons. The Kier molecular flexibility index (Phi) is 3.91. The van der Waals surface area contributed by atoms with Crippen LogP contribution in [0.5, 0.6) is 0 Å². The van der Waals surface area contributed by atoms with Crippen LogP contribution in [-0.2, 0) is 9.53 Å². The summed E-state index contributed by atoms with van der Waals surface area (Å²) in [5.74, 6) is 1.72. The molecule has 4 aliphatic rings. The van der Waals surface area contributed by atoms with E-state index in [4.69, 9.17) is 4.74 Å². The Bertz CT molecular complexity index is 534. The third kappa shape index (κ3) is 2.05. The molecule has 0 heterocycles. The van der Waals surface area contributed by atoms with Crippen molar-refractivity contribution in [2.24, 2.45) is 34.5 Å². The third-order valence-electron chi connectivity index (χ3n) is 8.78. The molecular weight excluding hydrogens is 304 g/mol. The van der Waals surface area contributed by atoms with E-state index >= 15 is 0 Å². The SMILES string of the molecule is COC1CC(O)C2(C)C(C1)C(O)CC1C3CCC(=O)C3(C)CCC12. The highest BCUT2D eigenvalue weighted by atomic mass is 16.5. The van der Waals surface area contributed by atoms with Gasteiger partial charge >= 0.3 is 0 Å². The maximum absolute atomic E-state index is 12.5. The van der Waals surface area contributed by atoms with Crippen LogP contribution in [0.4, 0.5) is 0 Å². The fourth-order valence-electron chi connectivity index (χ4n) is 7.27. The van der Waals surface area contributed by atoms with Gasteiger partial charge in [-0.1, -0.05) is 13.8 Å². The van der Waals surface area contributed by atoms with E-state index in [-0.39, 0.29) is 29.0 Å². The average Bonchev–Trinajstić information content (AvgIpc) is 2.85. The number of methoxy groups -OCH3 is 1. The molecule has 24 heavy (non-hydrogen) atoms. The molecule has 2 N–H and O–H groups in total. The van der Waals surface area contributed by atoms with Gasteiger partial charge in [0.05, 0.1) is 18.3 Å². The minimum atomic E-state index is -0.426. The number of ketones is 1. The predicted molar refractivity (Wildman–Crippen MR) is 90.3 cm³/mol. The fourth-order valence-corrected chi connectivity index (χ4v) is 7.27. The monoisotopic (exact) mass is 336 g/mol. The summed E-state index contributed by atoms with van der Waals surface area (Å²) in [5, 5.41) is 22.0. The highest BCUT2D eigenvalue weighted by molar-refractivity contribution is 5.87. The lowest BCUT2D eigenvalue weighted by Gasteiger charge is -2.62. The molecule has 0 aromatic heterocycles. The molecule has 0 radical (unpaired) electrons. The van der Waals surface area contributed by atoms with Crippen LogP contribution in [0.15, 0.2) is 0 Å². The van der Waals surface area contributed by atoms with E-state index in [1.165, 1.54) is 0 Å². The van der Waals surface area contributed by atoms with Crippen LogP contribution in [0.25, 0.3) is 0 Å². The van der Waals surface area contributed by atoms with Crippen molar-refractivity contribution in [2.45, 2.75) is 77.1 Å². The van der Waals surface area contributed by atoms with Crippen LogP contribution in [0.3, 0.4) is 0 Å². The first kappa shape index (κ1) is 17.0. The molecule has 0 saturated heterocycles. The van der Waals surface area contributed by atoms with E-state index in [1.807, 2.05) is 0 Å². The maximum Gasteiger partial charge on any atom is 0.139 e. The van der Waals surface area contributed by atoms with Gasteiger partial charge in [-0.15, -0.1) is 0 Å². The van der Waals surface area contributed by atoms with Gasteiger partial charge in [-0.25, -0.2) is 0 Å². The van der Waals surface area contributed by atoms with Gasteiger partial charge in [0, 0.05) is 30.8 Å². The number of aliphatic hydroxyl groups is 2. The van der Waals surface area contributed by atoms with Gasteiger partial charge in [-0.05, 0) is 55.8 Å². The third-order valence-corrected chi connectivity index (χ3v) is 8.78. The van der Waals surface area contributed by atoms with Crippen molar-refractivity contribution in [1.82, 2.24) is 0 Å². The minimum absolute atomic E-state index is 0.0474. The number of aliphatic hydroxyl groups excluding tert-OH is 2. The predicted octanol–water partition coefficient (Wildman–Crippen LogP) is 2.55. The molecule has 0 aromatic rings. The van der Waals surface area contributed by atoms with Crippen molar-refractivity contribution in [3.8, 4) is 0 Å². The first-order valence-electron chi connectivity index (χ1n) is 9.74. The second-order valence-corrected chi connectivity index (χ2v) is 9.42. The number of fused-ring (bicyclic) bond motifs is 5. The molecule has 4 fully saturated rings. The lowest BCUT2D eigenvalue weighted by molar-refractivity contribution is -0.213. The van der Waals surface area contributed by atoms with Crippen molar-refractivity contribution in [3.05, 3.63) is 0 Å². The molecule has 0 amide bonds. The number of carbonyl (C=O) groups excluding carboxylic acids is 1. The zero-order chi connectivity index (χ0) is 17.3. The number of hydrogen-bond donors (Lipinski definition) is 2. The molecule has 4 aliphatic carbocycles. The van der Waals surface area contributed by atoms with Crippen LogP contribution in [0, 0.1) is 34.5 Å². The van der Waals surface area contributed by atoms with Crippen molar-refractivity contribution in [3.63, 3.8) is 0 Å². The highest BCUT2D eigenvalue weighted by Gasteiger charge is 2.64. The highest BCUT2D eigenvalue weighted by Crippen LogP contribution is 2.65. The van der Waals surface area contributed by atoms with Crippen LogP contribution in [0.1, 0.15) is 58.8 Å². The Morgan fingerprint density at radius 1 is 1.04 bits per heavy atom. The Morgan fingerprint density at radius 3 is 2.50 bits per heavy atom. The van der Waals surface area contributed by atoms with Crippen LogP contribution in [-0.4, -0.2) is 41.4 Å². The molecule has 0 bridgehead atoms. The first-order valence-corrected chi connectivity index (χ1v) is 9.74. The topological polar surface area (TPSA) is 66.8 Å². The molecule has 0 aromatic carbocycles. The van der Waals surface area contributed by atoms with Crippen molar-refractivity contribution in [1.29, 1.82) is 0 Å². The fraction of sp³-hybridized carbons (Fsp3) is 0.950. The molecule has 0 aliphatic heterocycles. The largest absolute Gasteiger partial charge is 0.393 e. The van der Waals surface area contributed by atoms with Crippen molar-refractivity contribution in [2.75, 3.05) is 7.11 Å². The van der Waals surface area contributed by atoms with Gasteiger partial charge in [0.1, 0.15) is 5.78 Å². The molecular formula is C20H32O4. The number of carbonyl (C=O) groups is 1. The minimum Gasteiger partial charge on any atom is -0.393 e. The van der Waals surface area contributed by atoms with Crippen LogP contribution < -0.4 is 0 Å². The molecule has 9 atom stereocenters. The lowest BCUT2D eigenvalue weighted by atomic mass is 9.44. The Labute approximate surface area is 145 Å². The van der Waals surface area contributed by atoms with E-state index in [1.54, 1.807) is 7.11 Å². The summed E-state index contributed by atoms with van der Waals surface area (Å²) in [5.41, 5.74) is -0.427. The molecule has 4 heteroatoms. The zero-order valence-electron chi connectivity index (χ0n) is 15.2. The van der Waals surface area contributed by atoms with Crippen LogP contribution in [0.2, 0.25) is 0 Å². The molecule has 4 rings (SSSR count). The Hall–Kier alpha value is -0.450. The van der Waals surface area contributed by atoms with E-state index in [0.717, 1.165) is 32.1 Å². The summed E-state index contributed by atoms with van der Waals surface area (Å²) >= 11 is 0. The Balaban J connectivity index is 1.69. The molecule has 4 saturated carbocycles. The summed E-state index contributed by atoms with van der Waals surface area (Å²) in [6, 6.07) is 0. The summed E-state index contributed by atoms with van der Waals surface area (Å²) in [6.07, 6.45) is 5.18. The van der Waals surface area contributed by atoms with Gasteiger partial charge in [-0.3, -0.25) is 4.79 Å². The number of hydrogen-bond acceptors (Lipinski definition) is 4. The van der Waals surface area contributed by atoms with Crippen molar-refractivity contribution >= 4 is 5.78 Å². The number of Topliss-reactive ketones (excluding diaryl/α,β-unsaturated/α-hetero) is 1. The van der Waals surface area contributed by atoms with E-state index in [0.29, 0.717) is 36.4 Å². The van der Waals surface area contributed by atoms with E-state index in [2.05, 4.69) is 13.8 Å². The first-order chi connectivity index (χ1) is 11.3. The van der Waals surface area contributed by atoms with Gasteiger partial charge in [0.2, 0.25) is 0 Å². The maximum atomic E-state index is 12.5. The quantitative estimate of drug-likeness (QED) is 0.772. The summed E-state index contributed by atoms with van der Waals surface area (Å²) in [6.45, 7) is 4.36. The second-order valence-electron chi connectivity index (χ2n) is 9.42. The smallest absolute Gasteiger partial charge is 0.139 e. The van der Waals surface area contributed by atoms with Gasteiger partial charge in [0.25, 0.3) is 0 Å². The van der Waals surface area contributed by atoms with E-state index < -0.39 is 6.10 Å². The second kappa shape index (κ2) is 5.52. The average molecular weight is 336 g/mol. The molecule has 9 unspecified atom stereocenters. The van der Waals surface area contributed by atoms with Gasteiger partial charge in [0.15, 0.2) is 0 Å². The number of ether oxygens (including phenoxy) is 1. The van der Waals surface area contributed by atoms with Gasteiger partial charge < -0.3 is 14.9 Å². The molecule has 0 spiro atoms. The van der Waals surface area contributed by atoms with Crippen molar-refractivity contribution < 1.29 is 19.7 Å². The zero-order valence-corrected chi connectivity index (χ0v) is 15.2. The van der Waals surface area contributed by atoms with Crippen LogP contribution >= 0.6 is 0 Å². The van der Waals surface area contributed by atoms with Gasteiger partial charge in [-0.2, -0.15) is 0 Å².